The third-order valence-corrected chi connectivity index (χ3v) is 4.34. The molecule has 0 aliphatic heterocycles. The van der Waals surface area contributed by atoms with E-state index < -0.39 is 0 Å². The van der Waals surface area contributed by atoms with Crippen LogP contribution in [0.3, 0.4) is 0 Å². The Hall–Kier alpha value is -4.18. The van der Waals surface area contributed by atoms with Crippen molar-refractivity contribution in [2.45, 2.75) is 0 Å². The molecule has 0 fully saturated rings. The van der Waals surface area contributed by atoms with Gasteiger partial charge in [0.25, 0.3) is 0 Å². The van der Waals surface area contributed by atoms with E-state index in [-0.39, 0.29) is 0 Å². The lowest BCUT2D eigenvalue weighted by Gasteiger charge is -2.07. The first-order valence-corrected chi connectivity index (χ1v) is 8.50. The molecule has 3 N–H and O–H groups in total. The van der Waals surface area contributed by atoms with Crippen molar-refractivity contribution in [2.75, 3.05) is 12.8 Å². The topological polar surface area (TPSA) is 114 Å². The second-order valence-corrected chi connectivity index (χ2v) is 6.05. The van der Waals surface area contributed by atoms with E-state index in [1.54, 1.807) is 37.8 Å². The molecule has 7 heteroatoms. The largest absolute Gasteiger partial charge is 0.493 e. The normalized spacial score (nSPS) is 10.4. The van der Waals surface area contributed by atoms with E-state index in [9.17, 15) is 0 Å². The number of benzene rings is 1. The van der Waals surface area contributed by atoms with Crippen LogP contribution in [0.2, 0.25) is 0 Å². The number of aromatic amines is 1. The van der Waals surface area contributed by atoms with Crippen LogP contribution in [-0.2, 0) is 0 Å². The van der Waals surface area contributed by atoms with Gasteiger partial charge in [0, 0.05) is 35.3 Å². The number of imidazole rings is 1. The van der Waals surface area contributed by atoms with Gasteiger partial charge in [-0.3, -0.25) is 4.98 Å². The molecule has 0 atom stereocenters. The average molecular weight is 368 g/mol. The number of hydrogen-bond acceptors (Lipinski definition) is 6. The van der Waals surface area contributed by atoms with Crippen molar-refractivity contribution in [3.63, 3.8) is 0 Å². The van der Waals surface area contributed by atoms with Gasteiger partial charge < -0.3 is 15.5 Å². The highest BCUT2D eigenvalue weighted by Gasteiger charge is 2.17. The van der Waals surface area contributed by atoms with Crippen molar-refractivity contribution in [1.29, 1.82) is 5.26 Å². The summed E-state index contributed by atoms with van der Waals surface area (Å²) in [6.45, 7) is 0. The van der Waals surface area contributed by atoms with Crippen LogP contribution in [0.1, 0.15) is 5.56 Å². The Kier molecular flexibility index (Phi) is 4.44. The maximum absolute atomic E-state index is 9.01. The fraction of sp³-hybridized carbons (Fsp3) is 0.0476. The van der Waals surface area contributed by atoms with Crippen LogP contribution >= 0.6 is 0 Å². The summed E-state index contributed by atoms with van der Waals surface area (Å²) in [7, 11) is 1.55. The fourth-order valence-electron chi connectivity index (χ4n) is 2.90. The molecule has 0 spiro atoms. The van der Waals surface area contributed by atoms with Crippen LogP contribution in [0.4, 0.5) is 5.82 Å². The predicted molar refractivity (Wildman–Crippen MR) is 106 cm³/mol. The molecule has 4 aromatic rings. The number of nitrogens with one attached hydrogen (secondary N) is 1. The van der Waals surface area contributed by atoms with Crippen LogP contribution in [0.5, 0.6) is 5.75 Å². The molecule has 3 heterocycles. The molecule has 0 aliphatic rings. The smallest absolute Gasteiger partial charge is 0.166 e. The molecule has 0 saturated carbocycles. The van der Waals surface area contributed by atoms with Gasteiger partial charge in [-0.25, -0.2) is 9.97 Å². The standard InChI is InChI=1S/C21H16N6O/c1-28-17-10-16(12-25-20(17)23)19-18(14-6-8-24-9-7-14)26-21(27-19)15-4-2-13(11-22)3-5-15/h2-10,12H,1H3,(H2,23,25)(H,26,27). The van der Waals surface area contributed by atoms with E-state index in [4.69, 9.17) is 20.7 Å². The summed E-state index contributed by atoms with van der Waals surface area (Å²) >= 11 is 0. The van der Waals surface area contributed by atoms with Crippen LogP contribution in [-0.4, -0.2) is 27.0 Å². The molecule has 1 aromatic carbocycles. The van der Waals surface area contributed by atoms with E-state index in [0.29, 0.717) is 23.0 Å². The Labute approximate surface area is 161 Å². The maximum atomic E-state index is 9.01. The lowest BCUT2D eigenvalue weighted by atomic mass is 10.1. The molecular formula is C21H16N6O. The highest BCUT2D eigenvalue weighted by atomic mass is 16.5. The predicted octanol–water partition coefficient (Wildman–Crippen LogP) is 3.66. The Morgan fingerprint density at radius 3 is 2.46 bits per heavy atom. The third-order valence-electron chi connectivity index (χ3n) is 4.34. The quantitative estimate of drug-likeness (QED) is 0.568. The van der Waals surface area contributed by atoms with Gasteiger partial charge in [0.1, 0.15) is 5.82 Å². The number of nitrogen functional groups attached to an aromatic ring is 1. The minimum atomic E-state index is 0.319. The number of hydrogen-bond donors (Lipinski definition) is 2. The van der Waals surface area contributed by atoms with Crippen molar-refractivity contribution >= 4 is 5.82 Å². The number of nitrogens with two attached hydrogens (primary N) is 1. The van der Waals surface area contributed by atoms with E-state index in [1.165, 1.54) is 0 Å². The maximum Gasteiger partial charge on any atom is 0.166 e. The Morgan fingerprint density at radius 1 is 1.04 bits per heavy atom. The number of anilines is 1. The summed E-state index contributed by atoms with van der Waals surface area (Å²) in [6.07, 6.45) is 5.12. The number of aromatic nitrogens is 4. The van der Waals surface area contributed by atoms with Crippen molar-refractivity contribution in [2.24, 2.45) is 0 Å². The molecule has 0 bridgehead atoms. The highest BCUT2D eigenvalue weighted by molar-refractivity contribution is 5.81. The van der Waals surface area contributed by atoms with Gasteiger partial charge in [-0.1, -0.05) is 0 Å². The van der Waals surface area contributed by atoms with Crippen molar-refractivity contribution in [3.05, 3.63) is 66.6 Å². The van der Waals surface area contributed by atoms with Crippen molar-refractivity contribution < 1.29 is 4.74 Å². The van der Waals surface area contributed by atoms with Crippen molar-refractivity contribution in [3.8, 4) is 45.7 Å². The van der Waals surface area contributed by atoms with E-state index in [2.05, 4.69) is 21.0 Å². The first-order chi connectivity index (χ1) is 13.7. The van der Waals surface area contributed by atoms with Crippen LogP contribution in [0.25, 0.3) is 33.9 Å². The van der Waals surface area contributed by atoms with Gasteiger partial charge in [0.15, 0.2) is 11.6 Å². The summed E-state index contributed by atoms with van der Waals surface area (Å²) in [5.74, 6) is 1.49. The van der Waals surface area contributed by atoms with Crippen LogP contribution < -0.4 is 10.5 Å². The van der Waals surface area contributed by atoms with Crippen LogP contribution in [0.15, 0.2) is 61.1 Å². The number of nitrogens with zero attached hydrogens (tertiary/aromatic N) is 4. The molecule has 136 valence electrons. The molecule has 7 nitrogen and oxygen atoms in total. The summed E-state index contributed by atoms with van der Waals surface area (Å²) in [6, 6.07) is 15.0. The molecular weight excluding hydrogens is 352 g/mol. The Morgan fingerprint density at radius 2 is 1.79 bits per heavy atom. The zero-order valence-corrected chi connectivity index (χ0v) is 15.0. The number of methoxy groups -OCH3 is 1. The second-order valence-electron chi connectivity index (χ2n) is 6.05. The molecule has 0 aliphatic carbocycles. The molecule has 28 heavy (non-hydrogen) atoms. The highest BCUT2D eigenvalue weighted by Crippen LogP contribution is 2.34. The SMILES string of the molecule is COc1cc(-c2nc(-c3ccc(C#N)cc3)[nH]c2-c2ccncc2)cnc1N. The molecule has 4 rings (SSSR count). The summed E-state index contributed by atoms with van der Waals surface area (Å²) in [5.41, 5.74) is 10.6. The first kappa shape index (κ1) is 17.2. The molecule has 0 amide bonds. The number of H-pyrrole nitrogens is 1. The summed E-state index contributed by atoms with van der Waals surface area (Å²) in [5, 5.41) is 9.01. The lowest BCUT2D eigenvalue weighted by molar-refractivity contribution is 0.415. The average Bonchev–Trinajstić information content (AvgIpc) is 3.20. The molecule has 0 saturated heterocycles. The molecule has 0 radical (unpaired) electrons. The molecule has 0 unspecified atom stereocenters. The minimum Gasteiger partial charge on any atom is -0.493 e. The number of ether oxygens (including phenoxy) is 1. The lowest BCUT2D eigenvalue weighted by Crippen LogP contribution is -1.96. The first-order valence-electron chi connectivity index (χ1n) is 8.50. The zero-order chi connectivity index (χ0) is 19.5. The van der Waals surface area contributed by atoms with Gasteiger partial charge in [-0.2, -0.15) is 5.26 Å². The second kappa shape index (κ2) is 7.21. The summed E-state index contributed by atoms with van der Waals surface area (Å²) < 4.78 is 5.30. The van der Waals surface area contributed by atoms with E-state index in [0.717, 1.165) is 28.1 Å². The van der Waals surface area contributed by atoms with E-state index >= 15 is 0 Å². The number of rotatable bonds is 4. The summed E-state index contributed by atoms with van der Waals surface area (Å²) in [4.78, 5) is 16.5. The third kappa shape index (κ3) is 3.15. The Balaban J connectivity index is 1.89. The Bertz CT molecular complexity index is 1160. The zero-order valence-electron chi connectivity index (χ0n) is 15.0. The van der Waals surface area contributed by atoms with Gasteiger partial charge in [-0.05, 0) is 42.5 Å². The number of nitriles is 1. The number of pyridine rings is 2. The van der Waals surface area contributed by atoms with Crippen molar-refractivity contribution in [1.82, 2.24) is 19.9 Å². The van der Waals surface area contributed by atoms with Gasteiger partial charge >= 0.3 is 0 Å². The van der Waals surface area contributed by atoms with E-state index in [1.807, 2.05) is 30.3 Å². The van der Waals surface area contributed by atoms with Gasteiger partial charge in [0.05, 0.1) is 30.1 Å². The minimum absolute atomic E-state index is 0.319. The van der Waals surface area contributed by atoms with Gasteiger partial charge in [-0.15, -0.1) is 0 Å². The van der Waals surface area contributed by atoms with Gasteiger partial charge in [0.2, 0.25) is 0 Å². The molecule has 3 aromatic heterocycles. The monoisotopic (exact) mass is 368 g/mol. The van der Waals surface area contributed by atoms with Crippen LogP contribution in [0, 0.1) is 11.3 Å². The fourth-order valence-corrected chi connectivity index (χ4v) is 2.90.